The van der Waals surface area contributed by atoms with Crippen molar-refractivity contribution in [3.05, 3.63) is 66.0 Å². The number of rotatable bonds is 8. The molecule has 0 saturated carbocycles. The molecule has 40 heavy (non-hydrogen) atoms. The van der Waals surface area contributed by atoms with Crippen LogP contribution in [0.25, 0.3) is 22.3 Å². The maximum atomic E-state index is 13.0. The van der Waals surface area contributed by atoms with E-state index in [4.69, 9.17) is 15.3 Å². The van der Waals surface area contributed by atoms with Gasteiger partial charge in [-0.1, -0.05) is 39.0 Å². The lowest BCUT2D eigenvalue weighted by Crippen LogP contribution is -2.41. The predicted octanol–water partition coefficient (Wildman–Crippen LogP) is 6.76. The number of amides is 1. The van der Waals surface area contributed by atoms with Gasteiger partial charge in [0.15, 0.2) is 14.0 Å². The average Bonchev–Trinajstić information content (AvgIpc) is 3.26. The summed E-state index contributed by atoms with van der Waals surface area (Å²) in [4.78, 5) is 21.1. The minimum atomic E-state index is -4.53. The van der Waals surface area contributed by atoms with Crippen LogP contribution in [0.5, 0.6) is 0 Å². The summed E-state index contributed by atoms with van der Waals surface area (Å²) >= 11 is 0. The highest BCUT2D eigenvalue weighted by Gasteiger charge is 2.37. The lowest BCUT2D eigenvalue weighted by atomic mass is 10.1. The first-order valence-corrected chi connectivity index (χ1v) is 15.8. The van der Waals surface area contributed by atoms with Crippen LogP contribution in [-0.4, -0.2) is 40.6 Å². The van der Waals surface area contributed by atoms with Gasteiger partial charge in [0.25, 0.3) is 5.91 Å². The number of hydrogen-bond acceptors (Lipinski definition) is 6. The molecule has 3 N–H and O–H groups in total. The summed E-state index contributed by atoms with van der Waals surface area (Å²) in [6.45, 7) is 12.2. The fourth-order valence-electron chi connectivity index (χ4n) is 3.90. The summed E-state index contributed by atoms with van der Waals surface area (Å²) in [5.41, 5.74) is 7.57. The molecule has 2 aromatic heterocycles. The topological polar surface area (TPSA) is 108 Å². The maximum absolute atomic E-state index is 13.0. The minimum absolute atomic E-state index is 0.0916. The third kappa shape index (κ3) is 6.34. The Kier molecular flexibility index (Phi) is 8.04. The van der Waals surface area contributed by atoms with Gasteiger partial charge >= 0.3 is 6.18 Å². The molecule has 0 radical (unpaired) electrons. The molecular formula is C28H33F3N6O2Si. The standard InChI is InChI=1S/C28H33F3N6O2Si/c1-27(2,3)40(4,5)39-15-7-14-37-25-22(24(32)33-17-34-25)23(36-37)18-10-12-21(13-11-18)35-26(38)19-8-6-9-20(16-19)28(29,30)31/h6,8-13,16-17H,7,14-15H2,1-5H3,(H,35,38)(H2,32,33,34). The van der Waals surface area contributed by atoms with Gasteiger partial charge < -0.3 is 15.5 Å². The van der Waals surface area contributed by atoms with Crippen molar-refractivity contribution >= 4 is 36.8 Å². The molecule has 0 aliphatic carbocycles. The van der Waals surface area contributed by atoms with Crippen LogP contribution in [-0.2, 0) is 17.1 Å². The summed E-state index contributed by atoms with van der Waals surface area (Å²) in [7, 11) is -1.86. The van der Waals surface area contributed by atoms with E-state index in [1.54, 1.807) is 28.9 Å². The Morgan fingerprint density at radius 2 is 1.77 bits per heavy atom. The molecule has 0 atom stereocenters. The number of halogens is 3. The average molecular weight is 571 g/mol. The molecule has 2 heterocycles. The Labute approximate surface area is 231 Å². The van der Waals surface area contributed by atoms with Crippen molar-refractivity contribution < 1.29 is 22.4 Å². The molecule has 4 aromatic rings. The normalized spacial score (nSPS) is 12.6. The van der Waals surface area contributed by atoms with Crippen molar-refractivity contribution in [1.82, 2.24) is 19.7 Å². The van der Waals surface area contributed by atoms with E-state index in [0.717, 1.165) is 24.1 Å². The Balaban J connectivity index is 1.51. The minimum Gasteiger partial charge on any atom is -0.417 e. The molecular weight excluding hydrogens is 537 g/mol. The van der Waals surface area contributed by atoms with Crippen LogP contribution >= 0.6 is 0 Å². The van der Waals surface area contributed by atoms with Gasteiger partial charge in [-0.3, -0.25) is 4.79 Å². The molecule has 212 valence electrons. The number of aromatic nitrogens is 4. The molecule has 0 saturated heterocycles. The second kappa shape index (κ2) is 11.0. The van der Waals surface area contributed by atoms with E-state index in [9.17, 15) is 18.0 Å². The molecule has 0 spiro atoms. The highest BCUT2D eigenvalue weighted by molar-refractivity contribution is 6.74. The van der Waals surface area contributed by atoms with Crippen molar-refractivity contribution in [1.29, 1.82) is 0 Å². The SMILES string of the molecule is CC(C)(C)[Si](C)(C)OCCCn1nc(-c2ccc(NC(=O)c3cccc(C(F)(F)F)c3)cc2)c2c(N)ncnc21. The smallest absolute Gasteiger partial charge is 0.416 e. The van der Waals surface area contributed by atoms with Crippen molar-refractivity contribution in [2.24, 2.45) is 0 Å². The van der Waals surface area contributed by atoms with E-state index in [1.165, 1.54) is 18.5 Å². The highest BCUT2D eigenvalue weighted by atomic mass is 28.4. The van der Waals surface area contributed by atoms with Gasteiger partial charge in [-0.05, 0) is 54.9 Å². The van der Waals surface area contributed by atoms with Gasteiger partial charge in [-0.2, -0.15) is 18.3 Å². The summed E-state index contributed by atoms with van der Waals surface area (Å²) in [5, 5.41) is 8.15. The number of fused-ring (bicyclic) bond motifs is 1. The molecule has 4 rings (SSSR count). The summed E-state index contributed by atoms with van der Waals surface area (Å²) in [5.74, 6) is -0.350. The summed E-state index contributed by atoms with van der Waals surface area (Å²) in [6, 6.07) is 11.1. The second-order valence-electron chi connectivity index (χ2n) is 11.1. The van der Waals surface area contributed by atoms with Crippen LogP contribution in [0.4, 0.5) is 24.7 Å². The number of carbonyl (C=O) groups is 1. The number of nitrogen functional groups attached to an aromatic ring is 1. The fraction of sp³-hybridized carbons (Fsp3) is 0.357. The summed E-state index contributed by atoms with van der Waals surface area (Å²) < 4.78 is 47.1. The Morgan fingerprint density at radius 1 is 1.07 bits per heavy atom. The number of nitrogens with two attached hydrogens (primary N) is 1. The van der Waals surface area contributed by atoms with Crippen LogP contribution in [0.3, 0.4) is 0 Å². The molecule has 8 nitrogen and oxygen atoms in total. The second-order valence-corrected chi connectivity index (χ2v) is 15.9. The number of alkyl halides is 3. The van der Waals surface area contributed by atoms with E-state index >= 15 is 0 Å². The summed E-state index contributed by atoms with van der Waals surface area (Å²) in [6.07, 6.45) is -2.39. The van der Waals surface area contributed by atoms with Crippen LogP contribution in [0.2, 0.25) is 18.1 Å². The largest absolute Gasteiger partial charge is 0.417 e. The first-order valence-electron chi connectivity index (χ1n) is 12.9. The quantitative estimate of drug-likeness (QED) is 0.179. The molecule has 0 bridgehead atoms. The lowest BCUT2D eigenvalue weighted by Gasteiger charge is -2.36. The zero-order valence-electron chi connectivity index (χ0n) is 23.1. The van der Waals surface area contributed by atoms with Crippen molar-refractivity contribution in [3.8, 4) is 11.3 Å². The van der Waals surface area contributed by atoms with Gasteiger partial charge in [0.2, 0.25) is 0 Å². The van der Waals surface area contributed by atoms with Crippen LogP contribution in [0.15, 0.2) is 54.9 Å². The molecule has 2 aromatic carbocycles. The first kappa shape index (κ1) is 29.2. The van der Waals surface area contributed by atoms with Crippen LogP contribution < -0.4 is 11.1 Å². The third-order valence-corrected chi connectivity index (χ3v) is 11.7. The first-order chi connectivity index (χ1) is 18.7. The van der Waals surface area contributed by atoms with E-state index in [-0.39, 0.29) is 10.6 Å². The van der Waals surface area contributed by atoms with E-state index in [1.807, 2.05) is 0 Å². The zero-order valence-corrected chi connectivity index (χ0v) is 24.1. The maximum Gasteiger partial charge on any atom is 0.416 e. The van der Waals surface area contributed by atoms with Crippen molar-refractivity contribution in [2.45, 2.75) is 58.0 Å². The van der Waals surface area contributed by atoms with Gasteiger partial charge in [0.05, 0.1) is 10.9 Å². The predicted molar refractivity (Wildman–Crippen MR) is 152 cm³/mol. The molecule has 0 fully saturated rings. The van der Waals surface area contributed by atoms with Crippen LogP contribution in [0.1, 0.15) is 43.1 Å². The zero-order chi connectivity index (χ0) is 29.3. The monoisotopic (exact) mass is 570 g/mol. The Bertz CT molecular complexity index is 1510. The number of hydrogen-bond donors (Lipinski definition) is 2. The number of nitrogens with one attached hydrogen (secondary N) is 1. The number of anilines is 2. The van der Waals surface area contributed by atoms with Gasteiger partial charge in [0, 0.05) is 30.0 Å². The van der Waals surface area contributed by atoms with Gasteiger partial charge in [-0.15, -0.1) is 0 Å². The van der Waals surface area contributed by atoms with Crippen LogP contribution in [0, 0.1) is 0 Å². The molecule has 0 aliphatic heterocycles. The van der Waals surface area contributed by atoms with Crippen molar-refractivity contribution in [3.63, 3.8) is 0 Å². The number of nitrogens with zero attached hydrogens (tertiary/aromatic N) is 4. The van der Waals surface area contributed by atoms with E-state index < -0.39 is 26.0 Å². The van der Waals surface area contributed by atoms with E-state index in [2.05, 4.69) is 49.1 Å². The molecule has 12 heteroatoms. The number of aryl methyl sites for hydroxylation is 1. The number of carbonyl (C=O) groups excluding carboxylic acids is 1. The molecule has 0 aliphatic rings. The van der Waals surface area contributed by atoms with Crippen molar-refractivity contribution in [2.75, 3.05) is 17.7 Å². The lowest BCUT2D eigenvalue weighted by molar-refractivity contribution is -0.137. The molecule has 0 unspecified atom stereocenters. The molecule has 1 amide bonds. The number of benzene rings is 2. The van der Waals surface area contributed by atoms with E-state index in [0.29, 0.717) is 41.4 Å². The van der Waals surface area contributed by atoms with Gasteiger partial charge in [-0.25, -0.2) is 14.6 Å². The Hall–Kier alpha value is -3.77. The highest BCUT2D eigenvalue weighted by Crippen LogP contribution is 2.37. The Morgan fingerprint density at radius 3 is 2.42 bits per heavy atom. The fourth-order valence-corrected chi connectivity index (χ4v) is 4.99. The third-order valence-electron chi connectivity index (χ3n) is 7.21. The van der Waals surface area contributed by atoms with Gasteiger partial charge in [0.1, 0.15) is 17.8 Å².